The molecule has 34 heavy (non-hydrogen) atoms. The van der Waals surface area contributed by atoms with Crippen LogP contribution in [-0.2, 0) is 16.6 Å². The summed E-state index contributed by atoms with van der Waals surface area (Å²) in [5.41, 5.74) is 1.30. The van der Waals surface area contributed by atoms with Gasteiger partial charge in [0.1, 0.15) is 11.7 Å². The smallest absolute Gasteiger partial charge is 0.165 e. The molecule has 2 N–H and O–H groups in total. The van der Waals surface area contributed by atoms with Crippen molar-refractivity contribution in [3.63, 3.8) is 0 Å². The fourth-order valence-corrected chi connectivity index (χ4v) is 9.84. The number of hydrogen-bond donors (Lipinski definition) is 2. The monoisotopic (exact) mass is 467 g/mol. The molecule has 0 aromatic heterocycles. The molecule has 1 saturated heterocycles. The Kier molecular flexibility index (Phi) is 4.47. The summed E-state index contributed by atoms with van der Waals surface area (Å²) in [6, 6.07) is 4.49. The summed E-state index contributed by atoms with van der Waals surface area (Å²) in [7, 11) is 1.84. The average Bonchev–Trinajstić information content (AvgIpc) is 3.57. The van der Waals surface area contributed by atoms with Crippen LogP contribution >= 0.6 is 0 Å². The van der Waals surface area contributed by atoms with Crippen LogP contribution in [0.2, 0.25) is 0 Å². The second-order valence-electron chi connectivity index (χ2n) is 12.9. The largest absolute Gasteiger partial charge is 0.504 e. The van der Waals surface area contributed by atoms with Gasteiger partial charge < -0.3 is 19.7 Å². The molecule has 0 amide bonds. The van der Waals surface area contributed by atoms with E-state index >= 15 is 0 Å². The third-order valence-corrected chi connectivity index (χ3v) is 11.4. The van der Waals surface area contributed by atoms with E-state index in [0.29, 0.717) is 6.04 Å². The van der Waals surface area contributed by atoms with E-state index in [1.165, 1.54) is 30.5 Å². The van der Waals surface area contributed by atoms with Gasteiger partial charge in [-0.15, -0.1) is 0 Å². The van der Waals surface area contributed by atoms with Crippen molar-refractivity contribution >= 4 is 0 Å². The summed E-state index contributed by atoms with van der Waals surface area (Å²) < 4.78 is 13.4. The molecule has 2 heterocycles. The van der Waals surface area contributed by atoms with Gasteiger partial charge in [-0.25, -0.2) is 0 Å². The number of phenolic OH excluding ortho intramolecular Hbond substituents is 1. The molecule has 5 nitrogen and oxygen atoms in total. The van der Waals surface area contributed by atoms with Crippen molar-refractivity contribution in [3.8, 4) is 11.5 Å². The molecule has 1 unspecified atom stereocenters. The van der Waals surface area contributed by atoms with E-state index in [9.17, 15) is 10.2 Å². The number of hydrogen-bond acceptors (Lipinski definition) is 5. The number of benzene rings is 1. The maximum absolute atomic E-state index is 12.0. The highest BCUT2D eigenvalue weighted by Crippen LogP contribution is 2.77. The first-order valence-electron chi connectivity index (χ1n) is 13.9. The number of phenols is 1. The summed E-state index contributed by atoms with van der Waals surface area (Å²) >= 11 is 0. The van der Waals surface area contributed by atoms with Crippen LogP contribution in [0.5, 0.6) is 11.5 Å². The Morgan fingerprint density at radius 2 is 2.06 bits per heavy atom. The highest BCUT2D eigenvalue weighted by atomic mass is 16.6. The first-order chi connectivity index (χ1) is 16.3. The SMILES string of the molecule is CCCC[C@](C)(O)C1C[C@@]23CC[C@@]1(OC)[C@@H]1Oc4c(O)ccc5c4[C@@]12CCN(CC1CC1)[C@@H]3C5. The van der Waals surface area contributed by atoms with Gasteiger partial charge in [0.25, 0.3) is 0 Å². The Morgan fingerprint density at radius 1 is 1.24 bits per heavy atom. The zero-order valence-corrected chi connectivity index (χ0v) is 21.1. The lowest BCUT2D eigenvalue weighted by atomic mass is 9.33. The van der Waals surface area contributed by atoms with Crippen molar-refractivity contribution in [2.45, 2.75) is 107 Å². The third-order valence-electron chi connectivity index (χ3n) is 11.4. The number of unbranched alkanes of at least 4 members (excludes halogenated alkanes) is 1. The molecule has 5 heteroatoms. The minimum absolute atomic E-state index is 0.0322. The summed E-state index contributed by atoms with van der Waals surface area (Å²) in [5, 5.41) is 22.9. The number of aromatic hydroxyl groups is 1. The van der Waals surface area contributed by atoms with Crippen LogP contribution in [0.4, 0.5) is 0 Å². The Balaban J connectivity index is 1.43. The standard InChI is InChI=1S/C29H41NO4/c1-4-5-10-26(2,32)21-16-27-11-12-29(21,33-3)25-28(27)13-14-30(17-18-6-7-18)22(27)15-19-8-9-20(31)24(34-25)23(19)28/h8-9,18,21-22,25,31-32H,4-7,10-17H2,1-3H3/t21?,22-,25-,26+,27-,28+,29+/m1/s1. The van der Waals surface area contributed by atoms with Crippen molar-refractivity contribution in [2.75, 3.05) is 20.2 Å². The first-order valence-corrected chi connectivity index (χ1v) is 13.9. The van der Waals surface area contributed by atoms with Crippen LogP contribution in [-0.4, -0.2) is 58.7 Å². The van der Waals surface area contributed by atoms with E-state index in [-0.39, 0.29) is 28.6 Å². The second-order valence-corrected chi connectivity index (χ2v) is 12.9. The lowest BCUT2D eigenvalue weighted by Gasteiger charge is -2.75. The second kappa shape index (κ2) is 6.92. The summed E-state index contributed by atoms with van der Waals surface area (Å²) in [6.07, 6.45) is 10.7. The quantitative estimate of drug-likeness (QED) is 0.616. The van der Waals surface area contributed by atoms with Gasteiger partial charge in [-0.1, -0.05) is 25.8 Å². The van der Waals surface area contributed by atoms with E-state index in [1.807, 2.05) is 13.2 Å². The Morgan fingerprint density at radius 3 is 2.79 bits per heavy atom. The molecule has 4 bridgehead atoms. The first kappa shape index (κ1) is 21.9. The fraction of sp³-hybridized carbons (Fsp3) is 0.793. The van der Waals surface area contributed by atoms with Gasteiger partial charge in [0.05, 0.1) is 5.60 Å². The molecule has 1 aromatic rings. The number of aliphatic hydroxyl groups is 1. The Hall–Kier alpha value is -1.30. The van der Waals surface area contributed by atoms with Crippen LogP contribution < -0.4 is 4.74 Å². The zero-order valence-electron chi connectivity index (χ0n) is 21.1. The Labute approximate surface area is 203 Å². The number of fused-ring (bicyclic) bond motifs is 2. The molecular weight excluding hydrogens is 426 g/mol. The van der Waals surface area contributed by atoms with Crippen molar-refractivity contribution in [2.24, 2.45) is 17.3 Å². The summed E-state index contributed by atoms with van der Waals surface area (Å²) in [5.74, 6) is 1.89. The van der Waals surface area contributed by atoms with Crippen LogP contribution in [0.3, 0.4) is 0 Å². The van der Waals surface area contributed by atoms with Crippen molar-refractivity contribution in [3.05, 3.63) is 23.3 Å². The average molecular weight is 468 g/mol. The lowest BCUT2D eigenvalue weighted by Crippen LogP contribution is -2.82. The van der Waals surface area contributed by atoms with Crippen molar-refractivity contribution in [1.29, 1.82) is 0 Å². The highest BCUT2D eigenvalue weighted by molar-refractivity contribution is 5.63. The minimum Gasteiger partial charge on any atom is -0.504 e. The van der Waals surface area contributed by atoms with Gasteiger partial charge in [-0.05, 0) is 82.4 Å². The van der Waals surface area contributed by atoms with Crippen LogP contribution in [0, 0.1) is 17.3 Å². The maximum atomic E-state index is 12.0. The predicted octanol–water partition coefficient (Wildman–Crippen LogP) is 4.56. The van der Waals surface area contributed by atoms with E-state index < -0.39 is 11.2 Å². The number of piperidine rings is 1. The number of rotatable bonds is 7. The number of methoxy groups -OCH3 is 1. The molecule has 186 valence electrons. The third kappa shape index (κ3) is 2.42. The van der Waals surface area contributed by atoms with E-state index in [0.717, 1.165) is 69.6 Å². The summed E-state index contributed by atoms with van der Waals surface area (Å²) in [6.45, 7) is 6.59. The molecule has 2 spiro atoms. The van der Waals surface area contributed by atoms with E-state index in [4.69, 9.17) is 9.47 Å². The minimum atomic E-state index is -0.795. The molecule has 4 saturated carbocycles. The number of nitrogens with zero attached hydrogens (tertiary/aromatic N) is 1. The van der Waals surface area contributed by atoms with Crippen molar-refractivity contribution < 1.29 is 19.7 Å². The van der Waals surface area contributed by atoms with Crippen LogP contribution in [0.1, 0.15) is 82.8 Å². The maximum Gasteiger partial charge on any atom is 0.165 e. The van der Waals surface area contributed by atoms with Gasteiger partial charge in [0.2, 0.25) is 0 Å². The molecule has 7 aliphatic rings. The number of likely N-dealkylation sites (tertiary alicyclic amines) is 1. The van der Waals surface area contributed by atoms with Gasteiger partial charge in [-0.2, -0.15) is 0 Å². The van der Waals surface area contributed by atoms with E-state index in [2.05, 4.69) is 24.8 Å². The van der Waals surface area contributed by atoms with Gasteiger partial charge in [0.15, 0.2) is 11.5 Å². The molecule has 5 aliphatic carbocycles. The normalized spacial score (nSPS) is 43.4. The predicted molar refractivity (Wildman–Crippen MR) is 130 cm³/mol. The molecule has 1 aromatic carbocycles. The van der Waals surface area contributed by atoms with Gasteiger partial charge >= 0.3 is 0 Å². The molecule has 2 aliphatic heterocycles. The zero-order chi connectivity index (χ0) is 23.5. The van der Waals surface area contributed by atoms with Crippen LogP contribution in [0.15, 0.2) is 12.1 Å². The van der Waals surface area contributed by atoms with Gasteiger partial charge in [0, 0.05) is 42.0 Å². The topological polar surface area (TPSA) is 62.2 Å². The number of ether oxygens (including phenoxy) is 2. The molecule has 5 fully saturated rings. The summed E-state index contributed by atoms with van der Waals surface area (Å²) in [4.78, 5) is 2.83. The van der Waals surface area contributed by atoms with Gasteiger partial charge in [-0.3, -0.25) is 4.90 Å². The molecule has 7 atom stereocenters. The fourth-order valence-electron chi connectivity index (χ4n) is 9.84. The molecule has 8 rings (SSSR count). The van der Waals surface area contributed by atoms with Crippen LogP contribution in [0.25, 0.3) is 0 Å². The van der Waals surface area contributed by atoms with Crippen molar-refractivity contribution in [1.82, 2.24) is 4.90 Å². The lowest BCUT2D eigenvalue weighted by molar-refractivity contribution is -0.303. The highest BCUT2D eigenvalue weighted by Gasteiger charge is 2.81. The molecule has 0 radical (unpaired) electrons. The van der Waals surface area contributed by atoms with E-state index in [1.54, 1.807) is 0 Å². The Bertz CT molecular complexity index is 1020. The molecular formula is C29H41NO4.